The van der Waals surface area contributed by atoms with Crippen molar-refractivity contribution < 1.29 is 8.42 Å². The van der Waals surface area contributed by atoms with E-state index in [0.29, 0.717) is 6.54 Å². The average molecular weight is 270 g/mol. The highest BCUT2D eigenvalue weighted by Gasteiger charge is 2.16. The smallest absolute Gasteiger partial charge is 0.211 e. The Morgan fingerprint density at radius 3 is 2.76 bits per heavy atom. The molecule has 1 aromatic carbocycles. The quantitative estimate of drug-likeness (QED) is 0.797. The molecule has 0 saturated heterocycles. The minimum Gasteiger partial charge on any atom is -0.211 e. The van der Waals surface area contributed by atoms with Crippen molar-refractivity contribution in [2.45, 2.75) is 11.3 Å². The van der Waals surface area contributed by atoms with Crippen LogP contribution >= 0.6 is 11.8 Å². The molecule has 0 aliphatic carbocycles. The van der Waals surface area contributed by atoms with Crippen LogP contribution < -0.4 is 4.72 Å². The van der Waals surface area contributed by atoms with Gasteiger partial charge in [0.2, 0.25) is 10.0 Å². The van der Waals surface area contributed by atoms with Crippen molar-refractivity contribution in [1.82, 2.24) is 4.72 Å². The summed E-state index contributed by atoms with van der Waals surface area (Å²) < 4.78 is 26.3. The number of nitriles is 1. The highest BCUT2D eigenvalue weighted by Crippen LogP contribution is 2.13. The lowest BCUT2D eigenvalue weighted by Gasteiger charge is -2.07. The van der Waals surface area contributed by atoms with Gasteiger partial charge in [-0.05, 0) is 30.6 Å². The van der Waals surface area contributed by atoms with E-state index in [0.717, 1.165) is 12.2 Å². The Labute approximate surface area is 106 Å². The lowest BCUT2D eigenvalue weighted by atomic mass is 10.2. The molecular weight excluding hydrogens is 256 g/mol. The minimum absolute atomic E-state index is 0.0478. The van der Waals surface area contributed by atoms with Crippen molar-refractivity contribution in [2.75, 3.05) is 18.6 Å². The highest BCUT2D eigenvalue weighted by atomic mass is 32.2. The molecule has 4 nitrogen and oxygen atoms in total. The fraction of sp³-hybridized carbons (Fsp3) is 0.364. The van der Waals surface area contributed by atoms with Crippen LogP contribution in [0.4, 0.5) is 0 Å². The third kappa shape index (κ3) is 4.04. The Morgan fingerprint density at radius 2 is 2.12 bits per heavy atom. The van der Waals surface area contributed by atoms with Gasteiger partial charge in [-0.3, -0.25) is 0 Å². The zero-order valence-corrected chi connectivity index (χ0v) is 11.1. The summed E-state index contributed by atoms with van der Waals surface area (Å²) in [6.45, 7) is 0.392. The second kappa shape index (κ2) is 6.64. The Hall–Kier alpha value is -1.03. The van der Waals surface area contributed by atoms with Crippen molar-refractivity contribution in [3.8, 4) is 6.07 Å². The molecule has 1 rings (SSSR count). The predicted octanol–water partition coefficient (Wildman–Crippen LogP) is 1.59. The van der Waals surface area contributed by atoms with E-state index in [1.807, 2.05) is 12.3 Å². The molecule has 0 unspecified atom stereocenters. The summed E-state index contributed by atoms with van der Waals surface area (Å²) in [5, 5.41) is 8.85. The standard InChI is InChI=1S/C11H14N2O2S2/c1-16-8-4-7-13-17(14,15)11-6-3-2-5-10(11)9-12/h2-3,5-6,13H,4,7-8H2,1H3. The molecule has 0 fully saturated rings. The molecule has 0 radical (unpaired) electrons. The van der Waals surface area contributed by atoms with Crippen LogP contribution in [0.25, 0.3) is 0 Å². The molecule has 1 aromatic rings. The second-order valence-corrected chi connectivity index (χ2v) is 6.07. The molecule has 0 heterocycles. The van der Waals surface area contributed by atoms with Crippen molar-refractivity contribution in [2.24, 2.45) is 0 Å². The van der Waals surface area contributed by atoms with Gasteiger partial charge in [-0.15, -0.1) is 0 Å². The van der Waals surface area contributed by atoms with Crippen LogP contribution in [0.15, 0.2) is 29.2 Å². The molecule has 0 saturated carbocycles. The minimum atomic E-state index is -3.57. The number of hydrogen-bond acceptors (Lipinski definition) is 4. The van der Waals surface area contributed by atoms with Crippen LogP contribution in [0.3, 0.4) is 0 Å². The maximum Gasteiger partial charge on any atom is 0.241 e. The Kier molecular flexibility index (Phi) is 5.48. The normalized spacial score (nSPS) is 11.1. The number of nitrogens with one attached hydrogen (secondary N) is 1. The number of benzene rings is 1. The van der Waals surface area contributed by atoms with Crippen molar-refractivity contribution in [3.63, 3.8) is 0 Å². The number of nitrogens with zero attached hydrogens (tertiary/aromatic N) is 1. The van der Waals surface area contributed by atoms with Gasteiger partial charge in [-0.1, -0.05) is 12.1 Å². The summed E-state index contributed by atoms with van der Waals surface area (Å²) in [5.41, 5.74) is 0.171. The first kappa shape index (κ1) is 14.0. The van der Waals surface area contributed by atoms with Crippen LogP contribution in [0.1, 0.15) is 12.0 Å². The van der Waals surface area contributed by atoms with Gasteiger partial charge in [0.05, 0.1) is 10.5 Å². The number of hydrogen-bond donors (Lipinski definition) is 1. The molecule has 0 spiro atoms. The van der Waals surface area contributed by atoms with Gasteiger partial charge >= 0.3 is 0 Å². The van der Waals surface area contributed by atoms with E-state index in [2.05, 4.69) is 4.72 Å². The third-order valence-electron chi connectivity index (χ3n) is 2.11. The van der Waals surface area contributed by atoms with E-state index in [9.17, 15) is 8.42 Å². The van der Waals surface area contributed by atoms with Gasteiger partial charge < -0.3 is 0 Å². The van der Waals surface area contributed by atoms with E-state index in [1.54, 1.807) is 23.9 Å². The van der Waals surface area contributed by atoms with E-state index < -0.39 is 10.0 Å². The van der Waals surface area contributed by atoms with E-state index >= 15 is 0 Å². The van der Waals surface area contributed by atoms with Gasteiger partial charge in [0.1, 0.15) is 6.07 Å². The molecule has 0 bridgehead atoms. The monoisotopic (exact) mass is 270 g/mol. The van der Waals surface area contributed by atoms with Crippen molar-refractivity contribution in [1.29, 1.82) is 5.26 Å². The fourth-order valence-corrected chi connectivity index (χ4v) is 2.96. The molecule has 0 atom stereocenters. The summed E-state index contributed by atoms with van der Waals surface area (Å²) in [4.78, 5) is 0.0478. The van der Waals surface area contributed by atoms with Gasteiger partial charge in [0.25, 0.3) is 0 Å². The summed E-state index contributed by atoms with van der Waals surface area (Å²) in [6, 6.07) is 8.07. The van der Waals surface area contributed by atoms with Gasteiger partial charge in [-0.25, -0.2) is 13.1 Å². The molecule has 1 N–H and O–H groups in total. The molecule has 0 aromatic heterocycles. The first-order chi connectivity index (χ1) is 8.11. The summed E-state index contributed by atoms with van der Waals surface area (Å²) >= 11 is 1.67. The predicted molar refractivity (Wildman–Crippen MR) is 69.3 cm³/mol. The van der Waals surface area contributed by atoms with Crippen LogP contribution in [0.5, 0.6) is 0 Å². The molecule has 0 amide bonds. The second-order valence-electron chi connectivity index (χ2n) is 3.35. The van der Waals surface area contributed by atoms with Crippen molar-refractivity contribution in [3.05, 3.63) is 29.8 Å². The zero-order chi connectivity index (χ0) is 12.7. The largest absolute Gasteiger partial charge is 0.241 e. The maximum atomic E-state index is 11.9. The lowest BCUT2D eigenvalue weighted by Crippen LogP contribution is -2.25. The SMILES string of the molecule is CSCCCNS(=O)(=O)c1ccccc1C#N. The molecule has 0 aliphatic heterocycles. The average Bonchev–Trinajstić information content (AvgIpc) is 2.34. The molecular formula is C11H14N2O2S2. The number of rotatable bonds is 6. The topological polar surface area (TPSA) is 70.0 Å². The van der Waals surface area contributed by atoms with E-state index in [-0.39, 0.29) is 10.5 Å². The summed E-state index contributed by atoms with van der Waals surface area (Å²) in [6.07, 6.45) is 2.74. The molecule has 0 aliphatic rings. The van der Waals surface area contributed by atoms with Crippen LogP contribution in [-0.2, 0) is 10.0 Å². The Morgan fingerprint density at radius 1 is 1.41 bits per heavy atom. The van der Waals surface area contributed by atoms with Crippen LogP contribution in [-0.4, -0.2) is 27.0 Å². The highest BCUT2D eigenvalue weighted by molar-refractivity contribution is 7.98. The fourth-order valence-electron chi connectivity index (χ4n) is 1.29. The third-order valence-corrected chi connectivity index (χ3v) is 4.33. The Bertz CT molecular complexity index is 506. The molecule has 17 heavy (non-hydrogen) atoms. The van der Waals surface area contributed by atoms with E-state index in [4.69, 9.17) is 5.26 Å². The lowest BCUT2D eigenvalue weighted by molar-refractivity contribution is 0.581. The first-order valence-corrected chi connectivity index (χ1v) is 7.97. The van der Waals surface area contributed by atoms with Crippen LogP contribution in [0.2, 0.25) is 0 Å². The van der Waals surface area contributed by atoms with Gasteiger partial charge in [0, 0.05) is 6.54 Å². The van der Waals surface area contributed by atoms with Gasteiger partial charge in [0.15, 0.2) is 0 Å². The molecule has 6 heteroatoms. The van der Waals surface area contributed by atoms with Crippen molar-refractivity contribution >= 4 is 21.8 Å². The maximum absolute atomic E-state index is 11.9. The molecule has 92 valence electrons. The summed E-state index contributed by atoms with van der Waals surface area (Å²) in [5.74, 6) is 0.905. The Balaban J connectivity index is 2.80. The summed E-state index contributed by atoms with van der Waals surface area (Å²) in [7, 11) is -3.57. The van der Waals surface area contributed by atoms with E-state index in [1.165, 1.54) is 12.1 Å². The first-order valence-electron chi connectivity index (χ1n) is 5.09. The number of sulfonamides is 1. The number of thioether (sulfide) groups is 1. The zero-order valence-electron chi connectivity index (χ0n) is 9.51. The van der Waals surface area contributed by atoms with Gasteiger partial charge in [-0.2, -0.15) is 17.0 Å². The van der Waals surface area contributed by atoms with Crippen LogP contribution in [0, 0.1) is 11.3 Å².